The fourth-order valence-corrected chi connectivity index (χ4v) is 10.5. The van der Waals surface area contributed by atoms with Crippen molar-refractivity contribution in [1.82, 2.24) is 9.13 Å². The number of benzene rings is 9. The Hall–Kier alpha value is -8.34. The van der Waals surface area contributed by atoms with Crippen LogP contribution >= 0.6 is 0 Å². The predicted molar refractivity (Wildman–Crippen MR) is 273 cm³/mol. The lowest BCUT2D eigenvalue weighted by Crippen LogP contribution is -1.94. The van der Waals surface area contributed by atoms with Crippen LogP contribution in [0.15, 0.2) is 209 Å². The molecule has 0 saturated heterocycles. The van der Waals surface area contributed by atoms with E-state index in [2.05, 4.69) is 204 Å². The van der Waals surface area contributed by atoms with Gasteiger partial charge in [-0.3, -0.25) is 0 Å². The Kier molecular flexibility index (Phi) is 8.37. The summed E-state index contributed by atoms with van der Waals surface area (Å²) in [4.78, 5) is 0. The SMILES string of the molecule is C/C=C\c1oc2c(-c3ccc(-n4c5ccccc5c5cc(-c6ccc7c(c6)c6ccccc6n7-c6ccc(-c7cccc8c7oc7ccccc78)cc6)ccc54)cc3)cccc2c1CC. The number of rotatable bonds is 7. The van der Waals surface area contributed by atoms with E-state index in [1.54, 1.807) is 0 Å². The first-order valence-electron chi connectivity index (χ1n) is 22.5. The van der Waals surface area contributed by atoms with Gasteiger partial charge in [0.05, 0.1) is 22.1 Å². The first-order valence-corrected chi connectivity index (χ1v) is 22.5. The monoisotopic (exact) mass is 834 g/mol. The highest BCUT2D eigenvalue weighted by molar-refractivity contribution is 6.13. The Balaban J connectivity index is 0.876. The second-order valence-electron chi connectivity index (χ2n) is 17.0. The Bertz CT molecular complexity index is 4040. The fraction of sp³-hybridized carbons (Fsp3) is 0.0492. The molecule has 0 aliphatic heterocycles. The van der Waals surface area contributed by atoms with Crippen molar-refractivity contribution in [3.8, 4) is 44.8 Å². The third kappa shape index (κ3) is 5.70. The molecule has 9 aromatic carbocycles. The maximum atomic E-state index is 6.49. The third-order valence-electron chi connectivity index (χ3n) is 13.5. The fourth-order valence-electron chi connectivity index (χ4n) is 10.5. The highest BCUT2D eigenvalue weighted by atomic mass is 16.3. The zero-order chi connectivity index (χ0) is 43.2. The Morgan fingerprint density at radius 3 is 1.42 bits per heavy atom. The first-order chi connectivity index (χ1) is 32.1. The van der Waals surface area contributed by atoms with E-state index in [1.165, 1.54) is 65.7 Å². The molecule has 0 radical (unpaired) electrons. The molecule has 65 heavy (non-hydrogen) atoms. The van der Waals surface area contributed by atoms with Crippen LogP contribution in [-0.2, 0) is 6.42 Å². The molecule has 0 unspecified atom stereocenters. The number of nitrogens with zero attached hydrogens (tertiary/aromatic N) is 2. The van der Waals surface area contributed by atoms with Gasteiger partial charge in [-0.1, -0.05) is 140 Å². The Labute approximate surface area is 375 Å². The number of fused-ring (bicyclic) bond motifs is 10. The molecule has 0 aliphatic rings. The smallest absolute Gasteiger partial charge is 0.143 e. The summed E-state index contributed by atoms with van der Waals surface area (Å²) < 4.78 is 17.7. The van der Waals surface area contributed by atoms with Crippen LogP contribution in [0.2, 0.25) is 0 Å². The van der Waals surface area contributed by atoms with Crippen molar-refractivity contribution in [1.29, 1.82) is 0 Å². The van der Waals surface area contributed by atoms with E-state index < -0.39 is 0 Å². The van der Waals surface area contributed by atoms with Crippen molar-refractivity contribution in [2.75, 3.05) is 0 Å². The summed E-state index contributed by atoms with van der Waals surface area (Å²) in [6.07, 6.45) is 5.04. The van der Waals surface area contributed by atoms with Crippen LogP contribution in [0.5, 0.6) is 0 Å². The van der Waals surface area contributed by atoms with Crippen LogP contribution in [0.3, 0.4) is 0 Å². The van der Waals surface area contributed by atoms with E-state index in [9.17, 15) is 0 Å². The minimum absolute atomic E-state index is 0.911. The molecule has 4 heteroatoms. The first kappa shape index (κ1) is 37.2. The molecule has 308 valence electrons. The quantitative estimate of drug-likeness (QED) is 0.160. The van der Waals surface area contributed by atoms with Gasteiger partial charge in [-0.05, 0) is 108 Å². The molecule has 4 nitrogen and oxygen atoms in total. The van der Waals surface area contributed by atoms with E-state index in [0.29, 0.717) is 0 Å². The molecular formula is C61H42N2O2. The molecule has 4 heterocycles. The summed E-state index contributed by atoms with van der Waals surface area (Å²) in [5.41, 5.74) is 17.8. The largest absolute Gasteiger partial charge is 0.456 e. The van der Waals surface area contributed by atoms with Crippen molar-refractivity contribution in [3.63, 3.8) is 0 Å². The van der Waals surface area contributed by atoms with E-state index in [1.807, 2.05) is 25.1 Å². The molecule has 0 aliphatic carbocycles. The number of aryl methyl sites for hydroxylation is 1. The molecular weight excluding hydrogens is 793 g/mol. The second kappa shape index (κ2) is 14.6. The lowest BCUT2D eigenvalue weighted by Gasteiger charge is -2.11. The summed E-state index contributed by atoms with van der Waals surface area (Å²) in [5.74, 6) is 0.946. The number of allylic oxidation sites excluding steroid dienone is 1. The molecule has 0 N–H and O–H groups in total. The second-order valence-corrected chi connectivity index (χ2v) is 17.0. The van der Waals surface area contributed by atoms with Gasteiger partial charge in [-0.25, -0.2) is 0 Å². The van der Waals surface area contributed by atoms with Crippen molar-refractivity contribution in [2.24, 2.45) is 0 Å². The maximum Gasteiger partial charge on any atom is 0.143 e. The maximum absolute atomic E-state index is 6.49. The number of hydrogen-bond donors (Lipinski definition) is 0. The molecule has 0 atom stereocenters. The van der Waals surface area contributed by atoms with Crippen LogP contribution in [0.25, 0.3) is 127 Å². The van der Waals surface area contributed by atoms with Crippen molar-refractivity contribution in [3.05, 3.63) is 212 Å². The van der Waals surface area contributed by atoms with Gasteiger partial charge in [0, 0.05) is 65.8 Å². The minimum Gasteiger partial charge on any atom is -0.456 e. The van der Waals surface area contributed by atoms with Gasteiger partial charge in [0.2, 0.25) is 0 Å². The summed E-state index contributed by atoms with van der Waals surface area (Å²) >= 11 is 0. The van der Waals surface area contributed by atoms with E-state index in [4.69, 9.17) is 8.83 Å². The number of aromatic nitrogens is 2. The molecule has 0 fully saturated rings. The highest BCUT2D eigenvalue weighted by Gasteiger charge is 2.19. The molecule has 4 aromatic heterocycles. The summed E-state index contributed by atoms with van der Waals surface area (Å²) in [7, 11) is 0. The zero-order valence-corrected chi connectivity index (χ0v) is 36.0. The Morgan fingerprint density at radius 2 is 0.862 bits per heavy atom. The lowest BCUT2D eigenvalue weighted by molar-refractivity contribution is 0.600. The lowest BCUT2D eigenvalue weighted by atomic mass is 10.0. The van der Waals surface area contributed by atoms with Gasteiger partial charge < -0.3 is 18.0 Å². The van der Waals surface area contributed by atoms with E-state index in [-0.39, 0.29) is 0 Å². The summed E-state index contributed by atoms with van der Waals surface area (Å²) in [5, 5.41) is 8.39. The number of furan rings is 2. The van der Waals surface area contributed by atoms with Gasteiger partial charge in [0.15, 0.2) is 0 Å². The van der Waals surface area contributed by atoms with Gasteiger partial charge in [-0.2, -0.15) is 0 Å². The Morgan fingerprint density at radius 1 is 0.400 bits per heavy atom. The minimum atomic E-state index is 0.911. The molecule has 13 aromatic rings. The van der Waals surface area contributed by atoms with Crippen molar-refractivity contribution >= 4 is 82.6 Å². The average Bonchev–Trinajstić information content (AvgIpc) is 4.11. The average molecular weight is 835 g/mol. The van der Waals surface area contributed by atoms with Gasteiger partial charge in [0.1, 0.15) is 22.5 Å². The molecule has 0 spiro atoms. The number of hydrogen-bond acceptors (Lipinski definition) is 2. The van der Waals surface area contributed by atoms with Crippen molar-refractivity contribution in [2.45, 2.75) is 20.3 Å². The summed E-state index contributed by atoms with van der Waals surface area (Å²) in [6.45, 7) is 4.23. The van der Waals surface area contributed by atoms with Crippen LogP contribution < -0.4 is 0 Å². The van der Waals surface area contributed by atoms with Crippen molar-refractivity contribution < 1.29 is 8.83 Å². The van der Waals surface area contributed by atoms with Crippen LogP contribution in [-0.4, -0.2) is 9.13 Å². The molecule has 0 bridgehead atoms. The molecule has 13 rings (SSSR count). The van der Waals surface area contributed by atoms with Gasteiger partial charge >= 0.3 is 0 Å². The van der Waals surface area contributed by atoms with E-state index in [0.717, 1.165) is 73.3 Å². The van der Waals surface area contributed by atoms with Crippen LogP contribution in [0, 0.1) is 0 Å². The zero-order valence-electron chi connectivity index (χ0n) is 36.0. The normalized spacial score (nSPS) is 12.2. The molecule has 0 saturated carbocycles. The number of para-hydroxylation sites is 5. The van der Waals surface area contributed by atoms with Crippen LogP contribution in [0.4, 0.5) is 0 Å². The summed E-state index contributed by atoms with van der Waals surface area (Å²) in [6, 6.07) is 70.4. The highest BCUT2D eigenvalue weighted by Crippen LogP contribution is 2.41. The molecule has 0 amide bonds. The third-order valence-corrected chi connectivity index (χ3v) is 13.5. The topological polar surface area (TPSA) is 36.1 Å². The van der Waals surface area contributed by atoms with Gasteiger partial charge in [-0.15, -0.1) is 0 Å². The standard InChI is InChI=1S/C61H42N2O2/c1-3-13-58-44(4-2)50-19-11-17-45(60(50)64-58)38-24-30-42(31-25-38)62-54-21-8-5-14-47(54)52-36-40(28-34-56(52)62)41-29-35-57-53(37-41)48-15-6-9-22-55(48)63(57)43-32-26-39(27-33-43)46-18-12-20-51-49-16-7-10-23-59(49)65-61(46)51/h3,5-37H,4H2,1-2H3/b13-3-. The predicted octanol–water partition coefficient (Wildman–Crippen LogP) is 17.1. The van der Waals surface area contributed by atoms with Gasteiger partial charge in [0.25, 0.3) is 0 Å². The van der Waals surface area contributed by atoms with Crippen LogP contribution in [0.1, 0.15) is 25.2 Å². The van der Waals surface area contributed by atoms with E-state index >= 15 is 0 Å².